The van der Waals surface area contributed by atoms with Crippen LogP contribution < -0.4 is 11.1 Å². The van der Waals surface area contributed by atoms with E-state index in [4.69, 9.17) is 12.2 Å². The molecule has 0 saturated heterocycles. The fourth-order valence-electron chi connectivity index (χ4n) is 0.804. The van der Waals surface area contributed by atoms with Crippen molar-refractivity contribution in [3.8, 4) is 12.3 Å². The Morgan fingerprint density at radius 1 is 1.75 bits per heavy atom. The molecule has 68 valence electrons. The summed E-state index contributed by atoms with van der Waals surface area (Å²) in [5, 5.41) is 2.61. The molecule has 0 aliphatic carbocycles. The van der Waals surface area contributed by atoms with Gasteiger partial charge in [-0.1, -0.05) is 19.3 Å². The molecule has 12 heavy (non-hydrogen) atoms. The van der Waals surface area contributed by atoms with Crippen molar-refractivity contribution in [3.63, 3.8) is 0 Å². The fourth-order valence-corrected chi connectivity index (χ4v) is 0.804. The van der Waals surface area contributed by atoms with Crippen LogP contribution in [0.5, 0.6) is 0 Å². The summed E-state index contributed by atoms with van der Waals surface area (Å²) in [4.78, 5) is 11.2. The quantitative estimate of drug-likeness (QED) is 0.591. The van der Waals surface area contributed by atoms with Gasteiger partial charge in [-0.15, -0.1) is 6.42 Å². The Balaban J connectivity index is 3.80. The van der Waals surface area contributed by atoms with E-state index in [9.17, 15) is 4.79 Å². The molecule has 3 nitrogen and oxygen atoms in total. The molecule has 2 unspecified atom stereocenters. The number of carbonyl (C=O) groups excluding carboxylic acids is 1. The molecule has 3 heteroatoms. The first-order chi connectivity index (χ1) is 5.61. The van der Waals surface area contributed by atoms with Crippen LogP contribution in [0.2, 0.25) is 0 Å². The third kappa shape index (κ3) is 3.99. The Morgan fingerprint density at radius 3 is 2.75 bits per heavy atom. The van der Waals surface area contributed by atoms with Crippen molar-refractivity contribution in [1.82, 2.24) is 5.32 Å². The molecule has 0 radical (unpaired) electrons. The van der Waals surface area contributed by atoms with Crippen LogP contribution >= 0.6 is 0 Å². The summed E-state index contributed by atoms with van der Waals surface area (Å²) in [6.45, 7) is 3.73. The minimum Gasteiger partial charge on any atom is -0.341 e. The number of nitrogens with two attached hydrogens (primary N) is 1. The molecule has 0 aliphatic heterocycles. The molecule has 2 atom stereocenters. The highest BCUT2D eigenvalue weighted by molar-refractivity contribution is 5.81. The average Bonchev–Trinajstić information content (AvgIpc) is 2.04. The summed E-state index contributed by atoms with van der Waals surface area (Å²) in [6, 6.07) is -0.661. The Bertz CT molecular complexity index is 183. The van der Waals surface area contributed by atoms with Crippen molar-refractivity contribution < 1.29 is 4.79 Å². The molecule has 0 aliphatic rings. The van der Waals surface area contributed by atoms with Crippen LogP contribution in [-0.4, -0.2) is 18.0 Å². The predicted octanol–water partition coefficient (Wildman–Crippen LogP) is 0.252. The van der Waals surface area contributed by atoms with E-state index in [-0.39, 0.29) is 11.9 Å². The largest absolute Gasteiger partial charge is 0.341 e. The second-order valence-corrected chi connectivity index (χ2v) is 2.79. The number of rotatable bonds is 4. The van der Waals surface area contributed by atoms with Crippen LogP contribution in [-0.2, 0) is 4.79 Å². The lowest BCUT2D eigenvalue weighted by atomic mass is 10.1. The number of carbonyl (C=O) groups is 1. The number of nitrogens with one attached hydrogen (secondary N) is 1. The van der Waals surface area contributed by atoms with Crippen LogP contribution in [0.1, 0.15) is 26.7 Å². The zero-order chi connectivity index (χ0) is 9.56. The van der Waals surface area contributed by atoms with Gasteiger partial charge >= 0.3 is 0 Å². The zero-order valence-corrected chi connectivity index (χ0v) is 7.63. The highest BCUT2D eigenvalue weighted by atomic mass is 16.2. The molecule has 0 bridgehead atoms. The van der Waals surface area contributed by atoms with E-state index >= 15 is 0 Å². The van der Waals surface area contributed by atoms with E-state index in [1.165, 1.54) is 0 Å². The van der Waals surface area contributed by atoms with E-state index in [1.807, 2.05) is 6.92 Å². The third-order valence-corrected chi connectivity index (χ3v) is 1.55. The van der Waals surface area contributed by atoms with Gasteiger partial charge in [-0.2, -0.15) is 0 Å². The minimum atomic E-state index is -0.425. The maximum Gasteiger partial charge on any atom is 0.237 e. The molecular formula is C9H16N2O. The molecule has 0 spiro atoms. The molecule has 1 amide bonds. The lowest BCUT2D eigenvalue weighted by molar-refractivity contribution is -0.122. The van der Waals surface area contributed by atoms with Gasteiger partial charge in [0.05, 0.1) is 12.1 Å². The maximum atomic E-state index is 11.2. The lowest BCUT2D eigenvalue weighted by Crippen LogP contribution is -2.43. The Hall–Kier alpha value is -1.01. The van der Waals surface area contributed by atoms with E-state index in [1.54, 1.807) is 6.92 Å². The van der Waals surface area contributed by atoms with Crippen LogP contribution in [0.3, 0.4) is 0 Å². The second kappa shape index (κ2) is 5.62. The van der Waals surface area contributed by atoms with Gasteiger partial charge in [0.1, 0.15) is 0 Å². The van der Waals surface area contributed by atoms with Gasteiger partial charge in [0.15, 0.2) is 0 Å². The van der Waals surface area contributed by atoms with Crippen LogP contribution in [0, 0.1) is 12.3 Å². The summed E-state index contributed by atoms with van der Waals surface area (Å²) in [5.74, 6) is 2.24. The molecular weight excluding hydrogens is 152 g/mol. The molecule has 0 aromatic rings. The van der Waals surface area contributed by atoms with E-state index < -0.39 is 6.04 Å². The summed E-state index contributed by atoms with van der Waals surface area (Å²) in [6.07, 6.45) is 6.69. The first-order valence-corrected chi connectivity index (χ1v) is 4.13. The summed E-state index contributed by atoms with van der Waals surface area (Å²) < 4.78 is 0. The summed E-state index contributed by atoms with van der Waals surface area (Å²) >= 11 is 0. The van der Waals surface area contributed by atoms with Crippen molar-refractivity contribution in [2.45, 2.75) is 38.8 Å². The highest BCUT2D eigenvalue weighted by Gasteiger charge is 2.12. The van der Waals surface area contributed by atoms with Gasteiger partial charge in [0, 0.05) is 0 Å². The van der Waals surface area contributed by atoms with E-state index in [2.05, 4.69) is 11.2 Å². The first-order valence-electron chi connectivity index (χ1n) is 4.13. The molecule has 0 fully saturated rings. The predicted molar refractivity (Wildman–Crippen MR) is 49.3 cm³/mol. The maximum absolute atomic E-state index is 11.2. The average molecular weight is 168 g/mol. The molecule has 0 heterocycles. The van der Waals surface area contributed by atoms with Crippen LogP contribution in [0.4, 0.5) is 0 Å². The Kier molecular flexibility index (Phi) is 5.14. The second-order valence-electron chi connectivity index (χ2n) is 2.79. The van der Waals surface area contributed by atoms with Gasteiger partial charge in [0.25, 0.3) is 0 Å². The SMILES string of the molecule is C#CC(C)NC(=O)C(N)CCC. The molecule has 0 aromatic heterocycles. The topological polar surface area (TPSA) is 55.1 Å². The Morgan fingerprint density at radius 2 is 2.33 bits per heavy atom. The van der Waals surface area contributed by atoms with Crippen molar-refractivity contribution in [3.05, 3.63) is 0 Å². The summed E-state index contributed by atoms with van der Waals surface area (Å²) in [7, 11) is 0. The van der Waals surface area contributed by atoms with Crippen molar-refractivity contribution in [2.75, 3.05) is 0 Å². The molecule has 0 aromatic carbocycles. The Labute approximate surface area is 73.7 Å². The van der Waals surface area contributed by atoms with Crippen molar-refractivity contribution in [2.24, 2.45) is 5.73 Å². The smallest absolute Gasteiger partial charge is 0.237 e. The minimum absolute atomic E-state index is 0.165. The van der Waals surface area contributed by atoms with E-state index in [0.29, 0.717) is 6.42 Å². The van der Waals surface area contributed by atoms with Gasteiger partial charge in [-0.25, -0.2) is 0 Å². The lowest BCUT2D eigenvalue weighted by Gasteiger charge is -2.12. The standard InChI is InChI=1S/C9H16N2O/c1-4-6-8(10)9(12)11-7(3)5-2/h2,7-8H,4,6,10H2,1,3H3,(H,11,12). The number of amides is 1. The van der Waals surface area contributed by atoms with Gasteiger partial charge < -0.3 is 11.1 Å². The number of hydrogen-bond acceptors (Lipinski definition) is 2. The zero-order valence-electron chi connectivity index (χ0n) is 7.63. The van der Waals surface area contributed by atoms with Crippen molar-refractivity contribution >= 4 is 5.91 Å². The van der Waals surface area contributed by atoms with Gasteiger partial charge in [0.2, 0.25) is 5.91 Å². The van der Waals surface area contributed by atoms with Gasteiger partial charge in [-0.3, -0.25) is 4.79 Å². The molecule has 0 saturated carbocycles. The third-order valence-electron chi connectivity index (χ3n) is 1.55. The van der Waals surface area contributed by atoms with E-state index in [0.717, 1.165) is 6.42 Å². The van der Waals surface area contributed by atoms with Crippen LogP contribution in [0.15, 0.2) is 0 Å². The highest BCUT2D eigenvalue weighted by Crippen LogP contribution is 1.93. The first kappa shape index (κ1) is 11.0. The normalized spacial score (nSPS) is 14.5. The van der Waals surface area contributed by atoms with Gasteiger partial charge in [-0.05, 0) is 13.3 Å². The van der Waals surface area contributed by atoms with Crippen molar-refractivity contribution in [1.29, 1.82) is 0 Å². The fraction of sp³-hybridized carbons (Fsp3) is 0.667. The molecule has 3 N–H and O–H groups in total. The number of terminal acetylenes is 1. The molecule has 0 rings (SSSR count). The monoisotopic (exact) mass is 168 g/mol. The van der Waals surface area contributed by atoms with Crippen LogP contribution in [0.25, 0.3) is 0 Å². The summed E-state index contributed by atoms with van der Waals surface area (Å²) in [5.41, 5.74) is 5.55. The number of hydrogen-bond donors (Lipinski definition) is 2.